The lowest BCUT2D eigenvalue weighted by Gasteiger charge is -2.03. The van der Waals surface area contributed by atoms with Crippen molar-refractivity contribution in [1.29, 1.82) is 0 Å². The van der Waals surface area contributed by atoms with E-state index in [0.717, 1.165) is 6.54 Å². The minimum atomic E-state index is 0.693. The molecule has 0 saturated carbocycles. The van der Waals surface area contributed by atoms with Crippen LogP contribution in [0.2, 0.25) is 0 Å². The molecule has 0 amide bonds. The summed E-state index contributed by atoms with van der Waals surface area (Å²) in [5.41, 5.74) is 1.46. The highest BCUT2D eigenvalue weighted by Gasteiger charge is 1.92. The van der Waals surface area contributed by atoms with Gasteiger partial charge in [-0.15, -0.1) is 0 Å². The lowest BCUT2D eigenvalue weighted by molar-refractivity contribution is 0.757. The fraction of sp³-hybridized carbons (Fsp3) is 0.800. The molecule has 0 aliphatic heterocycles. The van der Waals surface area contributed by atoms with Crippen LogP contribution >= 0.6 is 0 Å². The maximum absolute atomic E-state index is 3.08. The zero-order valence-electron chi connectivity index (χ0n) is 8.86. The summed E-state index contributed by atoms with van der Waals surface area (Å²) in [4.78, 5) is 0. The van der Waals surface area contributed by atoms with Gasteiger partial charge in [0.15, 0.2) is 0 Å². The first-order valence-corrected chi connectivity index (χ1v) is 4.49. The summed E-state index contributed by atoms with van der Waals surface area (Å²) in [5.74, 6) is 0.693. The van der Waals surface area contributed by atoms with Crippen LogP contribution in [0.1, 0.15) is 34.6 Å². The van der Waals surface area contributed by atoms with Crippen LogP contribution in [0.5, 0.6) is 0 Å². The third kappa shape index (κ3) is 9.70. The minimum Gasteiger partial charge on any atom is -0.316 e. The van der Waals surface area contributed by atoms with Gasteiger partial charge < -0.3 is 5.32 Å². The quantitative estimate of drug-likeness (QED) is 0.621. The molecule has 0 spiro atoms. The lowest BCUT2D eigenvalue weighted by Crippen LogP contribution is -2.05. The van der Waals surface area contributed by atoms with Crippen LogP contribution in [0, 0.1) is 5.92 Å². The van der Waals surface area contributed by atoms with Crippen molar-refractivity contribution in [1.82, 2.24) is 5.32 Å². The van der Waals surface area contributed by atoms with Crippen molar-refractivity contribution in [2.45, 2.75) is 34.6 Å². The maximum Gasteiger partial charge on any atom is 0.0134 e. The van der Waals surface area contributed by atoms with E-state index in [2.05, 4.69) is 32.2 Å². The Morgan fingerprint density at radius 3 is 2.09 bits per heavy atom. The third-order valence-corrected chi connectivity index (χ3v) is 1.54. The molecule has 1 nitrogen and oxygen atoms in total. The van der Waals surface area contributed by atoms with Crippen LogP contribution < -0.4 is 5.32 Å². The maximum atomic E-state index is 3.08. The molecule has 0 aliphatic carbocycles. The molecule has 0 aliphatic rings. The largest absolute Gasteiger partial charge is 0.316 e. The average molecular weight is 157 g/mol. The Morgan fingerprint density at radius 2 is 1.82 bits per heavy atom. The first kappa shape index (κ1) is 13.3. The van der Waals surface area contributed by atoms with Gasteiger partial charge in [-0.1, -0.05) is 39.3 Å². The Kier molecular flexibility index (Phi) is 11.7. The SMILES string of the molecule is CC.CNC/C=C(\C)C(C)C. The molecule has 0 bridgehead atoms. The van der Waals surface area contributed by atoms with Gasteiger partial charge >= 0.3 is 0 Å². The molecule has 0 saturated heterocycles. The van der Waals surface area contributed by atoms with Gasteiger partial charge in [0, 0.05) is 6.54 Å². The summed E-state index contributed by atoms with van der Waals surface area (Å²) in [7, 11) is 1.96. The average Bonchev–Trinajstić information content (AvgIpc) is 2.03. The summed E-state index contributed by atoms with van der Waals surface area (Å²) < 4.78 is 0. The van der Waals surface area contributed by atoms with Gasteiger partial charge in [0.2, 0.25) is 0 Å². The van der Waals surface area contributed by atoms with Crippen molar-refractivity contribution in [3.63, 3.8) is 0 Å². The van der Waals surface area contributed by atoms with Crippen LogP contribution in [0.15, 0.2) is 11.6 Å². The van der Waals surface area contributed by atoms with E-state index in [1.165, 1.54) is 5.57 Å². The first-order valence-electron chi connectivity index (χ1n) is 4.49. The Morgan fingerprint density at radius 1 is 1.36 bits per heavy atom. The molecule has 0 rings (SSSR count). The Hall–Kier alpha value is -0.300. The van der Waals surface area contributed by atoms with Crippen molar-refractivity contribution >= 4 is 0 Å². The second kappa shape index (κ2) is 9.70. The molecule has 0 atom stereocenters. The van der Waals surface area contributed by atoms with E-state index in [1.54, 1.807) is 0 Å². The van der Waals surface area contributed by atoms with Gasteiger partial charge in [-0.3, -0.25) is 0 Å². The molecule has 0 aromatic heterocycles. The molecule has 0 aromatic carbocycles. The van der Waals surface area contributed by atoms with Gasteiger partial charge in [-0.2, -0.15) is 0 Å². The second-order valence-corrected chi connectivity index (χ2v) is 2.66. The Bertz CT molecular complexity index is 93.0. The third-order valence-electron chi connectivity index (χ3n) is 1.54. The fourth-order valence-electron chi connectivity index (χ4n) is 0.499. The highest BCUT2D eigenvalue weighted by Crippen LogP contribution is 2.05. The summed E-state index contributed by atoms with van der Waals surface area (Å²) in [6, 6.07) is 0. The Balaban J connectivity index is 0. The number of rotatable bonds is 3. The van der Waals surface area contributed by atoms with Crippen LogP contribution in [-0.2, 0) is 0 Å². The topological polar surface area (TPSA) is 12.0 Å². The van der Waals surface area contributed by atoms with Gasteiger partial charge in [0.25, 0.3) is 0 Å². The molecule has 0 fully saturated rings. The zero-order chi connectivity index (χ0) is 9.28. The molecule has 0 unspecified atom stereocenters. The molecule has 0 aromatic rings. The predicted octanol–water partition coefficient (Wildman–Crippen LogP) is 2.83. The summed E-state index contributed by atoms with van der Waals surface area (Å²) in [6.45, 7) is 11.6. The van der Waals surface area contributed by atoms with E-state index < -0.39 is 0 Å². The van der Waals surface area contributed by atoms with Gasteiger partial charge in [0.05, 0.1) is 0 Å². The zero-order valence-corrected chi connectivity index (χ0v) is 8.86. The second-order valence-electron chi connectivity index (χ2n) is 2.66. The minimum absolute atomic E-state index is 0.693. The normalized spacial score (nSPS) is 11.0. The smallest absolute Gasteiger partial charge is 0.0134 e. The van der Waals surface area contributed by atoms with E-state index in [-0.39, 0.29) is 0 Å². The van der Waals surface area contributed by atoms with Gasteiger partial charge in [-0.25, -0.2) is 0 Å². The highest BCUT2D eigenvalue weighted by molar-refractivity contribution is 5.01. The summed E-state index contributed by atoms with van der Waals surface area (Å²) >= 11 is 0. The standard InChI is InChI=1S/C8H17N.C2H6/c1-7(2)8(3)5-6-9-4;1-2/h5,7,9H,6H2,1-4H3;1-2H3/b8-5+;. The van der Waals surface area contributed by atoms with E-state index in [0.29, 0.717) is 5.92 Å². The molecule has 68 valence electrons. The number of likely N-dealkylation sites (N-methyl/N-ethyl adjacent to an activating group) is 1. The van der Waals surface area contributed by atoms with E-state index >= 15 is 0 Å². The summed E-state index contributed by atoms with van der Waals surface area (Å²) in [6.07, 6.45) is 2.23. The van der Waals surface area contributed by atoms with Crippen LogP contribution in [0.3, 0.4) is 0 Å². The molecular formula is C10H23N. The van der Waals surface area contributed by atoms with E-state index in [9.17, 15) is 0 Å². The number of hydrogen-bond acceptors (Lipinski definition) is 1. The molecule has 0 heterocycles. The molecule has 1 heteroatoms. The lowest BCUT2D eigenvalue weighted by atomic mass is 10.1. The summed E-state index contributed by atoms with van der Waals surface area (Å²) in [5, 5.41) is 3.08. The molecule has 11 heavy (non-hydrogen) atoms. The molecule has 0 radical (unpaired) electrons. The fourth-order valence-corrected chi connectivity index (χ4v) is 0.499. The van der Waals surface area contributed by atoms with Crippen molar-refractivity contribution in [3.05, 3.63) is 11.6 Å². The van der Waals surface area contributed by atoms with Crippen molar-refractivity contribution < 1.29 is 0 Å². The number of nitrogens with one attached hydrogen (secondary N) is 1. The van der Waals surface area contributed by atoms with Crippen molar-refractivity contribution in [2.24, 2.45) is 5.92 Å². The monoisotopic (exact) mass is 157 g/mol. The van der Waals surface area contributed by atoms with E-state index in [4.69, 9.17) is 0 Å². The Labute approximate surface area is 71.9 Å². The van der Waals surface area contributed by atoms with E-state index in [1.807, 2.05) is 20.9 Å². The van der Waals surface area contributed by atoms with Gasteiger partial charge in [-0.05, 0) is 19.9 Å². The van der Waals surface area contributed by atoms with Crippen LogP contribution in [-0.4, -0.2) is 13.6 Å². The first-order chi connectivity index (χ1) is 5.18. The van der Waals surface area contributed by atoms with Crippen LogP contribution in [0.25, 0.3) is 0 Å². The van der Waals surface area contributed by atoms with Gasteiger partial charge in [0.1, 0.15) is 0 Å². The number of allylic oxidation sites excluding steroid dienone is 1. The van der Waals surface area contributed by atoms with Crippen molar-refractivity contribution in [2.75, 3.05) is 13.6 Å². The highest BCUT2D eigenvalue weighted by atomic mass is 14.8. The molecule has 1 N–H and O–H groups in total. The molecular weight excluding hydrogens is 134 g/mol. The number of hydrogen-bond donors (Lipinski definition) is 1. The predicted molar refractivity (Wildman–Crippen MR) is 53.9 cm³/mol. The van der Waals surface area contributed by atoms with Crippen LogP contribution in [0.4, 0.5) is 0 Å². The van der Waals surface area contributed by atoms with Crippen molar-refractivity contribution in [3.8, 4) is 0 Å².